The van der Waals surface area contributed by atoms with Crippen molar-refractivity contribution in [2.75, 3.05) is 11.5 Å². The van der Waals surface area contributed by atoms with Crippen LogP contribution in [0.5, 0.6) is 0 Å². The first-order chi connectivity index (χ1) is 18.4. The number of ketones is 1. The molecule has 1 heterocycles. The highest BCUT2D eigenvalue weighted by Gasteiger charge is 2.46. The molecular formula is C31H29NO5S. The zero-order chi connectivity index (χ0) is 26.6. The number of anilines is 1. The Morgan fingerprint density at radius 2 is 1.42 bits per heavy atom. The van der Waals surface area contributed by atoms with E-state index in [-0.39, 0.29) is 30.0 Å². The van der Waals surface area contributed by atoms with Crippen LogP contribution in [0.15, 0.2) is 114 Å². The second-order valence-electron chi connectivity index (χ2n) is 9.57. The number of para-hydroxylation sites is 1. The molecule has 6 nitrogen and oxygen atoms in total. The van der Waals surface area contributed by atoms with Crippen molar-refractivity contribution in [2.24, 2.45) is 5.92 Å². The largest absolute Gasteiger partial charge is 0.347 e. The van der Waals surface area contributed by atoms with Crippen LogP contribution < -0.4 is 4.90 Å². The van der Waals surface area contributed by atoms with Gasteiger partial charge in [-0.25, -0.2) is 8.42 Å². The van der Waals surface area contributed by atoms with E-state index >= 15 is 0 Å². The molecule has 1 spiro atoms. The molecule has 1 aliphatic carbocycles. The first-order valence-electron chi connectivity index (χ1n) is 12.7. The molecule has 0 radical (unpaired) electrons. The van der Waals surface area contributed by atoms with Crippen molar-refractivity contribution in [1.82, 2.24) is 0 Å². The Labute approximate surface area is 223 Å². The summed E-state index contributed by atoms with van der Waals surface area (Å²) < 4.78 is 32.2. The van der Waals surface area contributed by atoms with Crippen LogP contribution in [-0.2, 0) is 36.3 Å². The van der Waals surface area contributed by atoms with Crippen molar-refractivity contribution in [2.45, 2.75) is 35.6 Å². The lowest BCUT2D eigenvalue weighted by Crippen LogP contribution is -2.59. The fourth-order valence-corrected chi connectivity index (χ4v) is 6.42. The Morgan fingerprint density at radius 3 is 2.11 bits per heavy atom. The molecular weight excluding hydrogens is 498 g/mol. The predicted octanol–water partition coefficient (Wildman–Crippen LogP) is 5.05. The van der Waals surface area contributed by atoms with Gasteiger partial charge in [-0.15, -0.1) is 0 Å². The molecule has 1 unspecified atom stereocenters. The van der Waals surface area contributed by atoms with Gasteiger partial charge in [-0.2, -0.15) is 0 Å². The van der Waals surface area contributed by atoms with Crippen molar-refractivity contribution < 1.29 is 22.7 Å². The molecule has 1 saturated heterocycles. The number of carbonyl (C=O) groups is 2. The number of rotatable bonds is 8. The van der Waals surface area contributed by atoms with Gasteiger partial charge in [-0.1, -0.05) is 60.7 Å². The van der Waals surface area contributed by atoms with Crippen molar-refractivity contribution >= 4 is 27.2 Å². The zero-order valence-electron chi connectivity index (χ0n) is 20.9. The van der Waals surface area contributed by atoms with Crippen LogP contribution in [0.4, 0.5) is 5.69 Å². The van der Waals surface area contributed by atoms with Gasteiger partial charge in [0, 0.05) is 5.69 Å². The minimum absolute atomic E-state index is 0.0639. The monoisotopic (exact) mass is 527 g/mol. The van der Waals surface area contributed by atoms with E-state index in [9.17, 15) is 18.0 Å². The SMILES string of the molecule is O=C1C=CC2(C=C1)OCC(CCCc1ccccc1CS(=O)(=O)c1ccccc1)C(=O)N2c1ccccc1. The van der Waals surface area contributed by atoms with Gasteiger partial charge >= 0.3 is 0 Å². The molecule has 3 aromatic carbocycles. The van der Waals surface area contributed by atoms with Crippen LogP contribution in [0.3, 0.4) is 0 Å². The van der Waals surface area contributed by atoms with Gasteiger partial charge in [0.1, 0.15) is 0 Å². The standard InChI is InChI=1S/C31H29NO5S/c33-28-18-20-31(21-19-28)32(27-14-3-1-4-15-27)30(34)25(22-37-31)13-9-12-24-10-7-8-11-26(24)23-38(35,36)29-16-5-2-6-17-29/h1-8,10-11,14-21,25H,9,12-13,22-23H2. The molecule has 2 aliphatic rings. The van der Waals surface area contributed by atoms with Crippen LogP contribution in [-0.4, -0.2) is 32.4 Å². The molecule has 0 saturated carbocycles. The lowest BCUT2D eigenvalue weighted by molar-refractivity contribution is -0.138. The summed E-state index contributed by atoms with van der Waals surface area (Å²) in [7, 11) is -3.47. The normalized spacial score (nSPS) is 18.7. The second-order valence-corrected chi connectivity index (χ2v) is 11.6. The third-order valence-electron chi connectivity index (χ3n) is 6.99. The van der Waals surface area contributed by atoms with Crippen molar-refractivity contribution in [3.63, 3.8) is 0 Å². The number of hydrogen-bond acceptors (Lipinski definition) is 5. The first-order valence-corrected chi connectivity index (χ1v) is 14.3. The Balaban J connectivity index is 1.29. The van der Waals surface area contributed by atoms with E-state index in [1.807, 2.05) is 54.6 Å². The smallest absolute Gasteiger partial charge is 0.235 e. The van der Waals surface area contributed by atoms with E-state index in [4.69, 9.17) is 4.74 Å². The summed E-state index contributed by atoms with van der Waals surface area (Å²) >= 11 is 0. The van der Waals surface area contributed by atoms with Gasteiger partial charge in [0.25, 0.3) is 0 Å². The summed E-state index contributed by atoms with van der Waals surface area (Å²) in [6.45, 7) is 0.231. The average molecular weight is 528 g/mol. The van der Waals surface area contributed by atoms with Gasteiger partial charge in [0.2, 0.25) is 5.91 Å². The van der Waals surface area contributed by atoms with E-state index in [1.165, 1.54) is 12.2 Å². The Kier molecular flexibility index (Phi) is 7.40. The molecule has 194 valence electrons. The van der Waals surface area contributed by atoms with Crippen LogP contribution in [0.2, 0.25) is 0 Å². The van der Waals surface area contributed by atoms with Crippen LogP contribution in [0.25, 0.3) is 0 Å². The fourth-order valence-electron chi connectivity index (χ4n) is 4.99. The molecule has 5 rings (SSSR count). The highest BCUT2D eigenvalue weighted by Crippen LogP contribution is 2.37. The molecule has 1 atom stereocenters. The van der Waals surface area contributed by atoms with Crippen molar-refractivity contribution in [3.05, 3.63) is 120 Å². The number of benzene rings is 3. The quantitative estimate of drug-likeness (QED) is 0.409. The molecule has 0 aromatic heterocycles. The third-order valence-corrected chi connectivity index (χ3v) is 8.67. The van der Waals surface area contributed by atoms with Crippen LogP contribution in [0, 0.1) is 5.92 Å². The Bertz CT molecular complexity index is 1460. The van der Waals surface area contributed by atoms with E-state index in [0.29, 0.717) is 29.8 Å². The Morgan fingerprint density at radius 1 is 0.816 bits per heavy atom. The maximum Gasteiger partial charge on any atom is 0.235 e. The topological polar surface area (TPSA) is 80.8 Å². The molecule has 3 aromatic rings. The molecule has 1 fully saturated rings. The Hall–Kier alpha value is -3.81. The van der Waals surface area contributed by atoms with Gasteiger partial charge in [-0.05, 0) is 79.0 Å². The highest BCUT2D eigenvalue weighted by atomic mass is 32.2. The van der Waals surface area contributed by atoms with E-state index in [1.54, 1.807) is 47.4 Å². The molecule has 38 heavy (non-hydrogen) atoms. The number of amides is 1. The molecule has 1 aliphatic heterocycles. The highest BCUT2D eigenvalue weighted by molar-refractivity contribution is 7.90. The minimum Gasteiger partial charge on any atom is -0.347 e. The molecule has 0 bridgehead atoms. The molecule has 0 N–H and O–H groups in total. The van der Waals surface area contributed by atoms with Gasteiger partial charge in [-0.3, -0.25) is 14.5 Å². The number of allylic oxidation sites excluding steroid dienone is 2. The van der Waals surface area contributed by atoms with E-state index < -0.39 is 15.6 Å². The number of hydrogen-bond donors (Lipinski definition) is 0. The maximum absolute atomic E-state index is 13.7. The maximum atomic E-state index is 13.7. The lowest BCUT2D eigenvalue weighted by Gasteiger charge is -2.46. The summed E-state index contributed by atoms with van der Waals surface area (Å²) in [5.41, 5.74) is 1.31. The lowest BCUT2D eigenvalue weighted by atomic mass is 9.92. The van der Waals surface area contributed by atoms with Crippen molar-refractivity contribution in [1.29, 1.82) is 0 Å². The number of sulfone groups is 1. The zero-order valence-corrected chi connectivity index (χ0v) is 21.7. The number of carbonyl (C=O) groups excluding carboxylic acids is 2. The molecule has 1 amide bonds. The van der Waals surface area contributed by atoms with Crippen molar-refractivity contribution in [3.8, 4) is 0 Å². The van der Waals surface area contributed by atoms with Gasteiger partial charge in [0.15, 0.2) is 21.3 Å². The summed E-state index contributed by atoms with van der Waals surface area (Å²) in [6.07, 6.45) is 8.08. The predicted molar refractivity (Wildman–Crippen MR) is 146 cm³/mol. The summed E-state index contributed by atoms with van der Waals surface area (Å²) in [5.74, 6) is -0.637. The van der Waals surface area contributed by atoms with E-state index in [0.717, 1.165) is 11.1 Å². The minimum atomic E-state index is -3.47. The van der Waals surface area contributed by atoms with Crippen LogP contribution >= 0.6 is 0 Å². The van der Waals surface area contributed by atoms with Gasteiger partial charge < -0.3 is 4.74 Å². The molecule has 7 heteroatoms. The summed E-state index contributed by atoms with van der Waals surface area (Å²) in [4.78, 5) is 27.5. The summed E-state index contributed by atoms with van der Waals surface area (Å²) in [5, 5.41) is 0. The second kappa shape index (κ2) is 10.9. The number of nitrogens with zero attached hydrogens (tertiary/aromatic N) is 1. The number of ether oxygens (including phenoxy) is 1. The van der Waals surface area contributed by atoms with Crippen LogP contribution in [0.1, 0.15) is 24.0 Å². The number of aryl methyl sites for hydroxylation is 1. The van der Waals surface area contributed by atoms with Gasteiger partial charge in [0.05, 0.1) is 23.2 Å². The average Bonchev–Trinajstić information content (AvgIpc) is 2.93. The van der Waals surface area contributed by atoms with E-state index in [2.05, 4.69) is 0 Å². The third kappa shape index (κ3) is 5.39. The fraction of sp³-hybridized carbons (Fsp3) is 0.226. The summed E-state index contributed by atoms with van der Waals surface area (Å²) in [6, 6.07) is 25.4. The first kappa shape index (κ1) is 25.8.